The Balaban J connectivity index is 1.24. The first-order valence-corrected chi connectivity index (χ1v) is 10.7. The Kier molecular flexibility index (Phi) is 5.18. The second-order valence-corrected chi connectivity index (χ2v) is 8.28. The molecule has 5 rings (SSSR count). The van der Waals surface area contributed by atoms with Crippen molar-refractivity contribution in [1.82, 2.24) is 4.90 Å². The first-order valence-electron chi connectivity index (χ1n) is 10.7. The number of hydrogen-bond donors (Lipinski definition) is 0. The van der Waals surface area contributed by atoms with Crippen LogP contribution in [0, 0.1) is 5.92 Å². The van der Waals surface area contributed by atoms with Crippen molar-refractivity contribution in [1.29, 1.82) is 0 Å². The summed E-state index contributed by atoms with van der Waals surface area (Å²) < 4.78 is 16.4. The number of carbonyl (C=O) groups excluding carboxylic acids is 2. The number of fused-ring (bicyclic) bond motifs is 1. The number of likely N-dealkylation sites (tertiary alicyclic amines) is 1. The number of anilines is 1. The maximum Gasteiger partial charge on any atom is 0.228 e. The molecular formula is C24H26N2O5. The molecular weight excluding hydrogens is 396 g/mol. The largest absolute Gasteiger partial charge is 0.497 e. The highest BCUT2D eigenvalue weighted by molar-refractivity contribution is 6.00. The van der Waals surface area contributed by atoms with Gasteiger partial charge < -0.3 is 24.0 Å². The van der Waals surface area contributed by atoms with Crippen LogP contribution < -0.4 is 19.1 Å². The maximum absolute atomic E-state index is 13.2. The summed E-state index contributed by atoms with van der Waals surface area (Å²) in [6.07, 6.45) is 1.18. The number of nitrogens with zero attached hydrogens (tertiary/aromatic N) is 2. The zero-order valence-corrected chi connectivity index (χ0v) is 17.6. The Morgan fingerprint density at radius 3 is 2.58 bits per heavy atom. The summed E-state index contributed by atoms with van der Waals surface area (Å²) in [5, 5.41) is 0. The van der Waals surface area contributed by atoms with Crippen LogP contribution in [0.25, 0.3) is 0 Å². The van der Waals surface area contributed by atoms with E-state index in [0.717, 1.165) is 24.4 Å². The summed E-state index contributed by atoms with van der Waals surface area (Å²) in [5.74, 6) is 2.23. The second-order valence-electron chi connectivity index (χ2n) is 8.28. The minimum absolute atomic E-state index is 0.0269. The zero-order valence-electron chi connectivity index (χ0n) is 17.6. The second kappa shape index (κ2) is 8.13. The van der Waals surface area contributed by atoms with Crippen LogP contribution in [0.4, 0.5) is 5.69 Å². The number of amides is 2. The van der Waals surface area contributed by atoms with Crippen LogP contribution in [0.2, 0.25) is 0 Å². The monoisotopic (exact) mass is 422 g/mol. The third-order valence-electron chi connectivity index (χ3n) is 6.40. The Hall–Kier alpha value is -3.22. The average molecular weight is 422 g/mol. The molecule has 3 aliphatic rings. The van der Waals surface area contributed by atoms with Crippen LogP contribution in [0.3, 0.4) is 0 Å². The molecule has 3 heterocycles. The summed E-state index contributed by atoms with van der Waals surface area (Å²) >= 11 is 0. The van der Waals surface area contributed by atoms with E-state index >= 15 is 0 Å². The molecule has 2 aromatic carbocycles. The van der Waals surface area contributed by atoms with Gasteiger partial charge in [-0.2, -0.15) is 0 Å². The number of ether oxygens (including phenoxy) is 3. The smallest absolute Gasteiger partial charge is 0.228 e. The summed E-state index contributed by atoms with van der Waals surface area (Å²) in [5.41, 5.74) is 1.97. The number of hydrogen-bond acceptors (Lipinski definition) is 5. The van der Waals surface area contributed by atoms with Gasteiger partial charge in [0.05, 0.1) is 13.0 Å². The summed E-state index contributed by atoms with van der Waals surface area (Å²) in [4.78, 5) is 29.5. The molecule has 2 unspecified atom stereocenters. The molecule has 31 heavy (non-hydrogen) atoms. The van der Waals surface area contributed by atoms with E-state index in [1.807, 2.05) is 35.2 Å². The van der Waals surface area contributed by atoms with E-state index in [4.69, 9.17) is 14.2 Å². The van der Waals surface area contributed by atoms with Gasteiger partial charge in [-0.25, -0.2) is 0 Å². The number of carbonyl (C=O) groups is 2. The van der Waals surface area contributed by atoms with Gasteiger partial charge >= 0.3 is 0 Å². The van der Waals surface area contributed by atoms with Crippen molar-refractivity contribution in [3.8, 4) is 17.2 Å². The predicted octanol–water partition coefficient (Wildman–Crippen LogP) is 2.84. The molecule has 0 radical (unpaired) electrons. The molecule has 162 valence electrons. The topological polar surface area (TPSA) is 68.3 Å². The van der Waals surface area contributed by atoms with Crippen LogP contribution >= 0.6 is 0 Å². The van der Waals surface area contributed by atoms with E-state index in [2.05, 4.69) is 12.1 Å². The van der Waals surface area contributed by atoms with E-state index in [9.17, 15) is 9.59 Å². The van der Waals surface area contributed by atoms with Gasteiger partial charge in [-0.3, -0.25) is 9.59 Å². The molecule has 0 N–H and O–H groups in total. The van der Waals surface area contributed by atoms with Crippen LogP contribution in [0.15, 0.2) is 42.5 Å². The Labute approximate surface area is 181 Å². The van der Waals surface area contributed by atoms with Crippen molar-refractivity contribution in [2.24, 2.45) is 5.92 Å². The highest BCUT2D eigenvalue weighted by atomic mass is 16.6. The van der Waals surface area contributed by atoms with Crippen LogP contribution in [-0.2, 0) is 9.59 Å². The van der Waals surface area contributed by atoms with Crippen LogP contribution in [0.1, 0.15) is 24.3 Å². The average Bonchev–Trinajstić information content (AvgIpc) is 3.46. The summed E-state index contributed by atoms with van der Waals surface area (Å²) in [7, 11) is 1.65. The lowest BCUT2D eigenvalue weighted by molar-refractivity contribution is -0.134. The van der Waals surface area contributed by atoms with E-state index in [-0.39, 0.29) is 24.2 Å². The first-order chi connectivity index (χ1) is 15.1. The molecule has 2 fully saturated rings. The van der Waals surface area contributed by atoms with Gasteiger partial charge in [0.15, 0.2) is 11.5 Å². The van der Waals surface area contributed by atoms with Gasteiger partial charge in [0.2, 0.25) is 11.8 Å². The lowest BCUT2D eigenvalue weighted by atomic mass is 9.98. The molecule has 2 amide bonds. The van der Waals surface area contributed by atoms with Gasteiger partial charge in [0.25, 0.3) is 0 Å². The molecule has 2 atom stereocenters. The fraction of sp³-hybridized carbons (Fsp3) is 0.417. The minimum atomic E-state index is -0.310. The molecule has 0 aromatic heterocycles. The van der Waals surface area contributed by atoms with Crippen molar-refractivity contribution in [2.75, 3.05) is 44.9 Å². The van der Waals surface area contributed by atoms with Crippen molar-refractivity contribution in [3.05, 3.63) is 48.0 Å². The number of rotatable bonds is 4. The fourth-order valence-corrected chi connectivity index (χ4v) is 4.69. The van der Waals surface area contributed by atoms with E-state index < -0.39 is 0 Å². The molecule has 2 saturated heterocycles. The lowest BCUT2D eigenvalue weighted by Crippen LogP contribution is -2.35. The third kappa shape index (κ3) is 3.80. The van der Waals surface area contributed by atoms with Gasteiger partial charge in [0, 0.05) is 43.7 Å². The molecule has 2 aromatic rings. The molecule has 3 aliphatic heterocycles. The number of methoxy groups -OCH3 is 1. The Morgan fingerprint density at radius 1 is 1.03 bits per heavy atom. The quantitative estimate of drug-likeness (QED) is 0.758. The van der Waals surface area contributed by atoms with Crippen LogP contribution in [0.5, 0.6) is 17.2 Å². The predicted molar refractivity (Wildman–Crippen MR) is 115 cm³/mol. The van der Waals surface area contributed by atoms with E-state index in [1.165, 1.54) is 5.56 Å². The highest BCUT2D eigenvalue weighted by Crippen LogP contribution is 2.37. The molecule has 0 bridgehead atoms. The Morgan fingerprint density at radius 2 is 1.81 bits per heavy atom. The number of benzene rings is 2. The first kappa shape index (κ1) is 19.7. The van der Waals surface area contributed by atoms with E-state index in [1.54, 1.807) is 12.0 Å². The molecule has 7 heteroatoms. The molecule has 0 aliphatic carbocycles. The van der Waals surface area contributed by atoms with E-state index in [0.29, 0.717) is 43.7 Å². The van der Waals surface area contributed by atoms with Crippen LogP contribution in [-0.4, -0.2) is 56.7 Å². The van der Waals surface area contributed by atoms with Crippen molar-refractivity contribution in [3.63, 3.8) is 0 Å². The van der Waals surface area contributed by atoms with Crippen molar-refractivity contribution >= 4 is 17.5 Å². The highest BCUT2D eigenvalue weighted by Gasteiger charge is 2.39. The van der Waals surface area contributed by atoms with Gasteiger partial charge in [-0.05, 0) is 36.2 Å². The normalized spacial score (nSPS) is 22.7. The minimum Gasteiger partial charge on any atom is -0.497 e. The molecule has 0 saturated carbocycles. The third-order valence-corrected chi connectivity index (χ3v) is 6.40. The van der Waals surface area contributed by atoms with Gasteiger partial charge in [0.1, 0.15) is 19.0 Å². The Bertz CT molecular complexity index is 990. The fourth-order valence-electron chi connectivity index (χ4n) is 4.69. The molecule has 7 nitrogen and oxygen atoms in total. The summed E-state index contributed by atoms with van der Waals surface area (Å²) in [6, 6.07) is 13.6. The summed E-state index contributed by atoms with van der Waals surface area (Å²) in [6.45, 7) is 2.85. The van der Waals surface area contributed by atoms with Crippen molar-refractivity contribution < 1.29 is 23.8 Å². The van der Waals surface area contributed by atoms with Crippen molar-refractivity contribution in [2.45, 2.75) is 18.8 Å². The van der Waals surface area contributed by atoms with Gasteiger partial charge in [-0.1, -0.05) is 12.1 Å². The van der Waals surface area contributed by atoms with Gasteiger partial charge in [-0.15, -0.1) is 0 Å². The molecule has 0 spiro atoms. The SMILES string of the molecule is COc1ccc(C2CCN(C(=O)C3CC(=O)N(c4ccc5c(c4)OCCO5)C3)C2)cc1. The maximum atomic E-state index is 13.2. The standard InChI is InChI=1S/C24H26N2O5/c1-29-20-5-2-16(3-6-20)17-8-9-25(14-17)24(28)18-12-23(27)26(15-18)19-4-7-21-22(13-19)31-11-10-30-21/h2-7,13,17-18H,8-12,14-15H2,1H3. The lowest BCUT2D eigenvalue weighted by Gasteiger charge is -2.23. The zero-order chi connectivity index (χ0) is 21.4.